The zero-order valence-electron chi connectivity index (χ0n) is 13.7. The number of rotatable bonds is 7. The smallest absolute Gasteiger partial charge is 0.161 e. The van der Waals surface area contributed by atoms with Crippen LogP contribution in [0.2, 0.25) is 0 Å². The summed E-state index contributed by atoms with van der Waals surface area (Å²) >= 11 is 0. The van der Waals surface area contributed by atoms with Gasteiger partial charge in [-0.3, -0.25) is 0 Å². The van der Waals surface area contributed by atoms with Gasteiger partial charge in [-0.2, -0.15) is 0 Å². The molecule has 0 amide bonds. The minimum Gasteiger partial charge on any atom is -0.493 e. The predicted octanol–water partition coefficient (Wildman–Crippen LogP) is 4.01. The highest BCUT2D eigenvalue weighted by Gasteiger charge is 2.11. The number of hydrogen-bond donors (Lipinski definition) is 1. The van der Waals surface area contributed by atoms with Gasteiger partial charge in [0.05, 0.1) is 13.7 Å². The van der Waals surface area contributed by atoms with Crippen molar-refractivity contribution < 1.29 is 9.47 Å². The Balaban J connectivity index is 2.70. The molecule has 0 spiro atoms. The summed E-state index contributed by atoms with van der Waals surface area (Å²) in [6.45, 7) is 12.4. The van der Waals surface area contributed by atoms with Crippen LogP contribution in [0.5, 0.6) is 11.5 Å². The van der Waals surface area contributed by atoms with E-state index in [0.717, 1.165) is 31.1 Å². The number of hydrogen-bond acceptors (Lipinski definition) is 3. The van der Waals surface area contributed by atoms with E-state index in [2.05, 4.69) is 46.0 Å². The zero-order valence-corrected chi connectivity index (χ0v) is 13.7. The van der Waals surface area contributed by atoms with E-state index >= 15 is 0 Å². The third-order valence-electron chi connectivity index (χ3n) is 3.27. The number of nitrogens with one attached hydrogen (secondary N) is 1. The van der Waals surface area contributed by atoms with Gasteiger partial charge < -0.3 is 14.8 Å². The van der Waals surface area contributed by atoms with E-state index in [4.69, 9.17) is 9.47 Å². The van der Waals surface area contributed by atoms with Gasteiger partial charge >= 0.3 is 0 Å². The zero-order chi connectivity index (χ0) is 15.2. The molecule has 1 aromatic carbocycles. The Kier molecular flexibility index (Phi) is 6.34. The van der Waals surface area contributed by atoms with Crippen molar-refractivity contribution >= 4 is 0 Å². The largest absolute Gasteiger partial charge is 0.493 e. The molecule has 0 fully saturated rings. The Morgan fingerprint density at radius 3 is 2.45 bits per heavy atom. The van der Waals surface area contributed by atoms with Gasteiger partial charge in [0, 0.05) is 12.1 Å². The number of ether oxygens (including phenoxy) is 2. The first-order chi connectivity index (χ1) is 9.35. The standard InChI is InChI=1S/C17H29NO2/c1-7-13(2)12-20-15-9-8-14(10-16(15)19-6)11-18-17(3,4)5/h8-10,13,18H,7,11-12H2,1-6H3. The lowest BCUT2D eigenvalue weighted by Crippen LogP contribution is -2.35. The van der Waals surface area contributed by atoms with Gasteiger partial charge in [-0.05, 0) is 44.4 Å². The van der Waals surface area contributed by atoms with Gasteiger partial charge in [-0.15, -0.1) is 0 Å². The van der Waals surface area contributed by atoms with Crippen LogP contribution in [0.25, 0.3) is 0 Å². The van der Waals surface area contributed by atoms with Crippen molar-refractivity contribution in [1.82, 2.24) is 5.32 Å². The Labute approximate surface area is 123 Å². The van der Waals surface area contributed by atoms with Crippen molar-refractivity contribution in [3.05, 3.63) is 23.8 Å². The van der Waals surface area contributed by atoms with E-state index in [1.54, 1.807) is 7.11 Å². The maximum Gasteiger partial charge on any atom is 0.161 e. The average molecular weight is 279 g/mol. The summed E-state index contributed by atoms with van der Waals surface area (Å²) in [6.07, 6.45) is 1.12. The molecule has 0 saturated heterocycles. The van der Waals surface area contributed by atoms with Gasteiger partial charge in [0.1, 0.15) is 0 Å². The van der Waals surface area contributed by atoms with Crippen LogP contribution in [-0.2, 0) is 6.54 Å². The molecule has 1 rings (SSSR count). The number of benzene rings is 1. The molecule has 0 aliphatic carbocycles. The first kappa shape index (κ1) is 16.8. The third-order valence-corrected chi connectivity index (χ3v) is 3.27. The van der Waals surface area contributed by atoms with E-state index < -0.39 is 0 Å². The second kappa shape index (κ2) is 7.53. The van der Waals surface area contributed by atoms with Crippen LogP contribution in [0.1, 0.15) is 46.6 Å². The first-order valence-electron chi connectivity index (χ1n) is 7.40. The predicted molar refractivity (Wildman–Crippen MR) is 84.5 cm³/mol. The van der Waals surface area contributed by atoms with Crippen molar-refractivity contribution in [2.45, 2.75) is 53.1 Å². The lowest BCUT2D eigenvalue weighted by molar-refractivity contribution is 0.244. The van der Waals surface area contributed by atoms with Crippen molar-refractivity contribution in [3.8, 4) is 11.5 Å². The van der Waals surface area contributed by atoms with Crippen molar-refractivity contribution in [2.75, 3.05) is 13.7 Å². The molecule has 1 atom stereocenters. The van der Waals surface area contributed by atoms with Gasteiger partial charge in [0.15, 0.2) is 11.5 Å². The molecular formula is C17H29NO2. The average Bonchev–Trinajstić information content (AvgIpc) is 2.41. The summed E-state index contributed by atoms with van der Waals surface area (Å²) in [5, 5.41) is 3.47. The van der Waals surface area contributed by atoms with Gasteiger partial charge in [-0.25, -0.2) is 0 Å². The molecule has 1 N–H and O–H groups in total. The Morgan fingerprint density at radius 1 is 1.20 bits per heavy atom. The minimum absolute atomic E-state index is 0.110. The highest BCUT2D eigenvalue weighted by atomic mass is 16.5. The fraction of sp³-hybridized carbons (Fsp3) is 0.647. The molecule has 0 aromatic heterocycles. The second-order valence-electron chi connectivity index (χ2n) is 6.41. The summed E-state index contributed by atoms with van der Waals surface area (Å²) in [4.78, 5) is 0. The topological polar surface area (TPSA) is 30.5 Å². The summed E-state index contributed by atoms with van der Waals surface area (Å²) < 4.78 is 11.3. The van der Waals surface area contributed by atoms with E-state index in [1.165, 1.54) is 5.56 Å². The molecule has 0 saturated carbocycles. The van der Waals surface area contributed by atoms with E-state index in [1.807, 2.05) is 12.1 Å². The first-order valence-corrected chi connectivity index (χ1v) is 7.40. The second-order valence-corrected chi connectivity index (χ2v) is 6.41. The molecule has 20 heavy (non-hydrogen) atoms. The van der Waals surface area contributed by atoms with Crippen molar-refractivity contribution in [1.29, 1.82) is 0 Å². The fourth-order valence-corrected chi connectivity index (χ4v) is 1.66. The summed E-state index contributed by atoms with van der Waals surface area (Å²) in [7, 11) is 1.69. The molecule has 3 nitrogen and oxygen atoms in total. The molecule has 0 heterocycles. The van der Waals surface area contributed by atoms with E-state index in [0.29, 0.717) is 5.92 Å². The molecule has 0 radical (unpaired) electrons. The number of methoxy groups -OCH3 is 1. The van der Waals surface area contributed by atoms with Crippen molar-refractivity contribution in [3.63, 3.8) is 0 Å². The minimum atomic E-state index is 0.110. The summed E-state index contributed by atoms with van der Waals surface area (Å²) in [5.74, 6) is 2.19. The Hall–Kier alpha value is -1.22. The highest BCUT2D eigenvalue weighted by molar-refractivity contribution is 5.43. The Bertz CT molecular complexity index is 410. The highest BCUT2D eigenvalue weighted by Crippen LogP contribution is 2.28. The van der Waals surface area contributed by atoms with Gasteiger partial charge in [0.25, 0.3) is 0 Å². The summed E-state index contributed by atoms with van der Waals surface area (Å²) in [6, 6.07) is 6.14. The Morgan fingerprint density at radius 2 is 1.90 bits per heavy atom. The van der Waals surface area contributed by atoms with Crippen LogP contribution in [0, 0.1) is 5.92 Å². The molecule has 1 aromatic rings. The van der Waals surface area contributed by atoms with E-state index in [9.17, 15) is 0 Å². The third kappa shape index (κ3) is 5.83. The molecule has 3 heteroatoms. The maximum absolute atomic E-state index is 5.84. The maximum atomic E-state index is 5.84. The molecular weight excluding hydrogens is 250 g/mol. The van der Waals surface area contributed by atoms with Gasteiger partial charge in [-0.1, -0.05) is 26.3 Å². The van der Waals surface area contributed by atoms with Crippen molar-refractivity contribution in [2.24, 2.45) is 5.92 Å². The molecule has 1 unspecified atom stereocenters. The van der Waals surface area contributed by atoms with Crippen LogP contribution in [0.3, 0.4) is 0 Å². The molecule has 0 bridgehead atoms. The van der Waals surface area contributed by atoms with Gasteiger partial charge in [0.2, 0.25) is 0 Å². The quantitative estimate of drug-likeness (QED) is 0.818. The van der Waals surface area contributed by atoms with Crippen LogP contribution >= 0.6 is 0 Å². The molecule has 0 aliphatic rings. The van der Waals surface area contributed by atoms with Crippen LogP contribution in [0.4, 0.5) is 0 Å². The lowest BCUT2D eigenvalue weighted by Gasteiger charge is -2.21. The lowest BCUT2D eigenvalue weighted by atomic mass is 10.1. The summed E-state index contributed by atoms with van der Waals surface area (Å²) in [5.41, 5.74) is 1.31. The fourth-order valence-electron chi connectivity index (χ4n) is 1.66. The van der Waals surface area contributed by atoms with Crippen LogP contribution in [0.15, 0.2) is 18.2 Å². The molecule has 0 aliphatic heterocycles. The molecule has 114 valence electrons. The van der Waals surface area contributed by atoms with Crippen LogP contribution < -0.4 is 14.8 Å². The SMILES string of the molecule is CCC(C)COc1ccc(CNC(C)(C)C)cc1OC. The monoisotopic (exact) mass is 279 g/mol. The van der Waals surface area contributed by atoms with E-state index in [-0.39, 0.29) is 5.54 Å². The van der Waals surface area contributed by atoms with Crippen LogP contribution in [-0.4, -0.2) is 19.3 Å². The normalized spacial score (nSPS) is 13.1.